The van der Waals surface area contributed by atoms with Crippen LogP contribution in [-0.4, -0.2) is 26.5 Å². The fourth-order valence-electron chi connectivity index (χ4n) is 1.84. The summed E-state index contributed by atoms with van der Waals surface area (Å²) in [5.41, 5.74) is 2.32. The zero-order chi connectivity index (χ0) is 12.5. The molecule has 18 heavy (non-hydrogen) atoms. The number of H-pyrrole nitrogens is 1. The van der Waals surface area contributed by atoms with Gasteiger partial charge < -0.3 is 9.72 Å². The summed E-state index contributed by atoms with van der Waals surface area (Å²) in [5, 5.41) is 2.00. The summed E-state index contributed by atoms with van der Waals surface area (Å²) >= 11 is 1.65. The maximum atomic E-state index is 5.62. The number of aromatic amines is 1. The van der Waals surface area contributed by atoms with E-state index in [1.54, 1.807) is 23.7 Å². The Morgan fingerprint density at radius 3 is 2.94 bits per heavy atom. The van der Waals surface area contributed by atoms with E-state index in [1.165, 1.54) is 0 Å². The maximum Gasteiger partial charge on any atom is 0.197 e. The van der Waals surface area contributed by atoms with Gasteiger partial charge in [0.2, 0.25) is 0 Å². The number of hydrogen-bond donors (Lipinski definition) is 1. The van der Waals surface area contributed by atoms with Crippen LogP contribution in [-0.2, 0) is 0 Å². The molecule has 0 bridgehead atoms. The van der Waals surface area contributed by atoms with E-state index in [1.807, 2.05) is 12.3 Å². The van der Waals surface area contributed by atoms with E-state index in [2.05, 4.69) is 26.9 Å². The van der Waals surface area contributed by atoms with Crippen molar-refractivity contribution in [3.63, 3.8) is 0 Å². The van der Waals surface area contributed by atoms with Gasteiger partial charge in [-0.25, -0.2) is 15.0 Å². The summed E-state index contributed by atoms with van der Waals surface area (Å²) in [6, 6.07) is 0. The van der Waals surface area contributed by atoms with Gasteiger partial charge >= 0.3 is 0 Å². The number of rotatable bonds is 3. The Hall–Kier alpha value is -1.95. The highest BCUT2D eigenvalue weighted by molar-refractivity contribution is 7.10. The third-order valence-corrected chi connectivity index (χ3v) is 3.50. The predicted octanol–water partition coefficient (Wildman–Crippen LogP) is 2.79. The van der Waals surface area contributed by atoms with Crippen molar-refractivity contribution in [3.05, 3.63) is 22.7 Å². The van der Waals surface area contributed by atoms with Gasteiger partial charge in [-0.1, -0.05) is 0 Å². The van der Waals surface area contributed by atoms with Crippen molar-refractivity contribution in [3.8, 4) is 17.1 Å². The van der Waals surface area contributed by atoms with E-state index in [0.717, 1.165) is 22.0 Å². The highest BCUT2D eigenvalue weighted by Gasteiger charge is 2.16. The van der Waals surface area contributed by atoms with Crippen molar-refractivity contribution in [2.24, 2.45) is 0 Å². The Morgan fingerprint density at radius 2 is 2.17 bits per heavy atom. The van der Waals surface area contributed by atoms with Gasteiger partial charge in [0.25, 0.3) is 0 Å². The molecule has 0 saturated heterocycles. The Balaban J connectivity index is 2.16. The molecule has 0 spiro atoms. The fraction of sp³-hybridized carbons (Fsp3) is 0.250. The number of aryl methyl sites for hydroxylation is 1. The van der Waals surface area contributed by atoms with E-state index in [-0.39, 0.29) is 0 Å². The van der Waals surface area contributed by atoms with Crippen LogP contribution >= 0.6 is 11.3 Å². The monoisotopic (exact) mass is 260 g/mol. The van der Waals surface area contributed by atoms with Crippen molar-refractivity contribution in [1.29, 1.82) is 0 Å². The van der Waals surface area contributed by atoms with Gasteiger partial charge in [-0.15, -0.1) is 11.3 Å². The van der Waals surface area contributed by atoms with E-state index in [0.29, 0.717) is 17.9 Å². The molecule has 0 aliphatic carbocycles. The molecule has 3 aromatic rings. The molecule has 3 aromatic heterocycles. The normalized spacial score (nSPS) is 11.0. The number of imidazole rings is 1. The summed E-state index contributed by atoms with van der Waals surface area (Å²) in [5.74, 6) is 1.62. The molecule has 0 atom stereocenters. The minimum atomic E-state index is 0.626. The molecule has 0 unspecified atom stereocenters. The van der Waals surface area contributed by atoms with Crippen LogP contribution in [0.5, 0.6) is 5.75 Å². The number of nitrogens with zero attached hydrogens (tertiary/aromatic N) is 3. The minimum Gasteiger partial charge on any atom is -0.492 e. The average Bonchev–Trinajstić information content (AvgIpc) is 2.93. The topological polar surface area (TPSA) is 63.7 Å². The molecular weight excluding hydrogens is 248 g/mol. The highest BCUT2D eigenvalue weighted by Crippen LogP contribution is 2.36. The van der Waals surface area contributed by atoms with Crippen LogP contribution in [0.3, 0.4) is 0 Å². The van der Waals surface area contributed by atoms with Crippen LogP contribution in [0.15, 0.2) is 17.8 Å². The first-order valence-electron chi connectivity index (χ1n) is 5.67. The molecule has 6 heteroatoms. The summed E-state index contributed by atoms with van der Waals surface area (Å²) in [6.07, 6.45) is 3.28. The molecule has 3 rings (SSSR count). The lowest BCUT2D eigenvalue weighted by Gasteiger charge is -2.03. The fourth-order valence-corrected chi connectivity index (χ4v) is 2.63. The van der Waals surface area contributed by atoms with Crippen LogP contribution in [0.2, 0.25) is 0 Å². The molecule has 92 valence electrons. The Morgan fingerprint density at radius 1 is 1.33 bits per heavy atom. The molecule has 5 nitrogen and oxygen atoms in total. The maximum absolute atomic E-state index is 5.62. The van der Waals surface area contributed by atoms with Crippen molar-refractivity contribution < 1.29 is 4.74 Å². The third-order valence-electron chi connectivity index (χ3n) is 2.61. The molecule has 0 amide bonds. The molecule has 0 saturated carbocycles. The number of aromatic nitrogens is 4. The van der Waals surface area contributed by atoms with Gasteiger partial charge in [0.1, 0.15) is 11.6 Å². The Bertz CT molecular complexity index is 655. The zero-order valence-electron chi connectivity index (χ0n) is 10.1. The Labute approximate surface area is 108 Å². The largest absolute Gasteiger partial charge is 0.492 e. The second kappa shape index (κ2) is 4.38. The van der Waals surface area contributed by atoms with E-state index < -0.39 is 0 Å². The quantitative estimate of drug-likeness (QED) is 0.786. The first-order valence-corrected chi connectivity index (χ1v) is 6.55. The summed E-state index contributed by atoms with van der Waals surface area (Å²) < 4.78 is 5.62. The highest BCUT2D eigenvalue weighted by atomic mass is 32.1. The van der Waals surface area contributed by atoms with E-state index in [9.17, 15) is 0 Å². The van der Waals surface area contributed by atoms with Crippen LogP contribution in [0, 0.1) is 6.92 Å². The molecule has 3 heterocycles. The molecule has 0 aromatic carbocycles. The zero-order valence-corrected chi connectivity index (χ0v) is 10.9. The van der Waals surface area contributed by atoms with E-state index >= 15 is 0 Å². The van der Waals surface area contributed by atoms with Crippen LogP contribution in [0.4, 0.5) is 0 Å². The SMILES string of the molecule is CCOc1csc(C)c1-c1nc2nccnc2[nH]1. The van der Waals surface area contributed by atoms with Crippen molar-refractivity contribution in [2.45, 2.75) is 13.8 Å². The molecule has 0 aliphatic rings. The van der Waals surface area contributed by atoms with Crippen LogP contribution in [0.25, 0.3) is 22.7 Å². The molecule has 0 aliphatic heterocycles. The van der Waals surface area contributed by atoms with Crippen molar-refractivity contribution in [2.75, 3.05) is 6.61 Å². The summed E-state index contributed by atoms with van der Waals surface area (Å²) in [4.78, 5) is 17.2. The Kier molecular flexibility index (Phi) is 2.71. The number of nitrogens with one attached hydrogen (secondary N) is 1. The summed E-state index contributed by atoms with van der Waals surface area (Å²) in [6.45, 7) is 4.66. The molecule has 0 fully saturated rings. The number of ether oxygens (including phenoxy) is 1. The van der Waals surface area contributed by atoms with Gasteiger partial charge in [0, 0.05) is 22.7 Å². The molecular formula is C12H12N4OS. The standard InChI is InChI=1S/C12H12N4OS/c1-3-17-8-6-18-7(2)9(8)10-15-11-12(16-10)14-5-4-13-11/h4-6H,3H2,1-2H3,(H,13,14,15,16). The van der Waals surface area contributed by atoms with E-state index in [4.69, 9.17) is 4.74 Å². The van der Waals surface area contributed by atoms with Gasteiger partial charge in [-0.05, 0) is 13.8 Å². The van der Waals surface area contributed by atoms with Crippen LogP contribution in [0.1, 0.15) is 11.8 Å². The van der Waals surface area contributed by atoms with Crippen molar-refractivity contribution >= 4 is 22.6 Å². The lowest BCUT2D eigenvalue weighted by Crippen LogP contribution is -1.92. The molecule has 1 N–H and O–H groups in total. The van der Waals surface area contributed by atoms with Gasteiger partial charge in [-0.2, -0.15) is 0 Å². The van der Waals surface area contributed by atoms with Crippen LogP contribution < -0.4 is 4.74 Å². The lowest BCUT2D eigenvalue weighted by molar-refractivity contribution is 0.343. The second-order valence-corrected chi connectivity index (χ2v) is 4.86. The minimum absolute atomic E-state index is 0.626. The van der Waals surface area contributed by atoms with Gasteiger partial charge in [-0.3, -0.25) is 0 Å². The van der Waals surface area contributed by atoms with Crippen molar-refractivity contribution in [1.82, 2.24) is 19.9 Å². The lowest BCUT2D eigenvalue weighted by atomic mass is 10.2. The molecule has 0 radical (unpaired) electrons. The number of fused-ring (bicyclic) bond motifs is 1. The predicted molar refractivity (Wildman–Crippen MR) is 70.9 cm³/mol. The summed E-state index contributed by atoms with van der Waals surface area (Å²) in [7, 11) is 0. The van der Waals surface area contributed by atoms with Gasteiger partial charge in [0.05, 0.1) is 12.2 Å². The third kappa shape index (κ3) is 1.74. The van der Waals surface area contributed by atoms with Gasteiger partial charge in [0.15, 0.2) is 11.3 Å². The second-order valence-electron chi connectivity index (χ2n) is 3.78. The first kappa shape index (κ1) is 11.2. The first-order chi connectivity index (χ1) is 8.79. The smallest absolute Gasteiger partial charge is 0.197 e. The average molecular weight is 260 g/mol. The number of hydrogen-bond acceptors (Lipinski definition) is 5. The number of thiophene rings is 1.